The minimum absolute atomic E-state index is 0.0790. The molecule has 1 unspecified atom stereocenters. The second-order valence-electron chi connectivity index (χ2n) is 18.9. The average molecular weight is 985 g/mol. The highest BCUT2D eigenvalue weighted by atomic mass is 35.5. The maximum absolute atomic E-state index is 14.4. The van der Waals surface area contributed by atoms with Gasteiger partial charge >= 0.3 is 30.1 Å². The fraction of sp³-hybridized carbons (Fsp3) is 0.568. The Morgan fingerprint density at radius 2 is 1.62 bits per heavy atom. The molecule has 1 aromatic carbocycles. The average Bonchev–Trinajstić information content (AvgIpc) is 3.93. The van der Waals surface area contributed by atoms with Gasteiger partial charge in [-0.3, -0.25) is 14.2 Å². The van der Waals surface area contributed by atoms with E-state index in [-0.39, 0.29) is 36.7 Å². The van der Waals surface area contributed by atoms with Gasteiger partial charge < -0.3 is 37.9 Å². The number of rotatable bonds is 17. The lowest BCUT2D eigenvalue weighted by Crippen LogP contribution is -2.54. The van der Waals surface area contributed by atoms with Gasteiger partial charge in [0.15, 0.2) is 29.9 Å². The Bertz CT molecular complexity index is 2490. The van der Waals surface area contributed by atoms with E-state index in [1.165, 1.54) is 9.36 Å². The summed E-state index contributed by atoms with van der Waals surface area (Å²) in [6.07, 6.45) is -0.0286. The fourth-order valence-corrected chi connectivity index (χ4v) is 7.75. The lowest BCUT2D eigenvalue weighted by atomic mass is 9.90. The largest absolute Gasteiger partial charge is 0.463 e. The van der Waals surface area contributed by atoms with E-state index >= 15 is 0 Å². The van der Waals surface area contributed by atoms with Crippen LogP contribution in [-0.4, -0.2) is 127 Å². The van der Waals surface area contributed by atoms with E-state index < -0.39 is 96.7 Å². The van der Waals surface area contributed by atoms with Crippen molar-refractivity contribution in [1.29, 1.82) is 0 Å². The Morgan fingerprint density at radius 3 is 2.18 bits per heavy atom. The molecule has 1 aliphatic rings. The number of esters is 3. The Morgan fingerprint density at radius 1 is 0.971 bits per heavy atom. The first-order valence-corrected chi connectivity index (χ1v) is 25.7. The number of fused-ring (bicyclic) bond motifs is 1. The number of nitrogens with zero attached hydrogens (tertiary/aromatic N) is 9. The molecule has 0 radical (unpaired) electrons. The van der Waals surface area contributed by atoms with E-state index in [9.17, 15) is 24.0 Å². The van der Waals surface area contributed by atoms with E-state index in [2.05, 4.69) is 55.9 Å². The molecule has 1 saturated heterocycles. The van der Waals surface area contributed by atoms with Crippen LogP contribution in [0.2, 0.25) is 31.0 Å². The molecule has 24 heteroatoms. The number of imidazole rings is 1. The van der Waals surface area contributed by atoms with Crippen LogP contribution in [0.5, 0.6) is 0 Å². The van der Waals surface area contributed by atoms with Gasteiger partial charge in [0.05, 0.1) is 19.5 Å². The number of aromatic nitrogens is 8. The van der Waals surface area contributed by atoms with Crippen molar-refractivity contribution in [3.8, 4) is 12.3 Å². The molecular weight excluding hydrogens is 926 g/mol. The molecule has 5 atom stereocenters. The third kappa shape index (κ3) is 12.7. The van der Waals surface area contributed by atoms with E-state index in [1.54, 1.807) is 78.8 Å². The summed E-state index contributed by atoms with van der Waals surface area (Å²) in [4.78, 5) is 82.5. The summed E-state index contributed by atoms with van der Waals surface area (Å²) < 4.78 is 48.7. The number of imide groups is 1. The third-order valence-corrected chi connectivity index (χ3v) is 11.6. The van der Waals surface area contributed by atoms with Gasteiger partial charge in [0.2, 0.25) is 28.4 Å². The third-order valence-electron chi connectivity index (χ3n) is 9.71. The topological polar surface area (TPSA) is 250 Å². The van der Waals surface area contributed by atoms with E-state index in [1.807, 2.05) is 0 Å². The van der Waals surface area contributed by atoms with Crippen molar-refractivity contribution in [2.75, 3.05) is 24.7 Å². The zero-order valence-corrected chi connectivity index (χ0v) is 42.0. The zero-order chi connectivity index (χ0) is 50.4. The van der Waals surface area contributed by atoms with Gasteiger partial charge in [0.25, 0.3) is 0 Å². The number of halogens is 1. The van der Waals surface area contributed by atoms with Crippen molar-refractivity contribution in [3.05, 3.63) is 53.3 Å². The highest BCUT2D eigenvalue weighted by Crippen LogP contribution is 2.45. The smallest absolute Gasteiger partial charge is 0.425 e. The summed E-state index contributed by atoms with van der Waals surface area (Å²) in [5.41, 5.74) is -6.45. The monoisotopic (exact) mass is 983 g/mol. The molecule has 0 saturated carbocycles. The van der Waals surface area contributed by atoms with Crippen LogP contribution in [0.25, 0.3) is 11.2 Å². The summed E-state index contributed by atoms with van der Waals surface area (Å²) in [6, 6.07) is 9.69. The fourth-order valence-electron chi connectivity index (χ4n) is 6.83. The molecule has 0 N–H and O–H groups in total. The molecule has 4 aromatic rings. The number of terminal acetylenes is 1. The number of tetrazole rings is 1. The molecule has 0 spiro atoms. The molecule has 68 heavy (non-hydrogen) atoms. The van der Waals surface area contributed by atoms with Crippen LogP contribution < -0.4 is 4.90 Å². The summed E-state index contributed by atoms with van der Waals surface area (Å²) in [7, 11) is -1.43. The minimum Gasteiger partial charge on any atom is -0.463 e. The SMILES string of the molecule is C#C[C@@]1(OC(C)=O)[C@@H](COC(Cc2ccccc2)(C(=O)OCC)c2nnn(COCC[Si](C)(C)C)n2)O[C@@H](n2cnc3c(N(C(=O)OC(C)(C)C)C(=O)OC(C)(C)C)nc(Cl)nc32)[C@@H]1OC(C)=O. The summed E-state index contributed by atoms with van der Waals surface area (Å²) >= 11 is 6.50. The zero-order valence-electron chi connectivity index (χ0n) is 40.2. The number of hydrogen-bond donors (Lipinski definition) is 0. The highest BCUT2D eigenvalue weighted by molar-refractivity contribution is 6.76. The van der Waals surface area contributed by atoms with Crippen molar-refractivity contribution in [2.24, 2.45) is 0 Å². The normalized spacial score (nSPS) is 19.4. The Hall–Kier alpha value is -6.06. The molecular formula is C44H58ClN9O13Si. The molecule has 0 aliphatic carbocycles. The number of anilines is 1. The van der Waals surface area contributed by atoms with Gasteiger partial charge in [-0.05, 0) is 76.9 Å². The highest BCUT2D eigenvalue weighted by Gasteiger charge is 2.63. The number of benzene rings is 1. The predicted octanol–water partition coefficient (Wildman–Crippen LogP) is 5.94. The van der Waals surface area contributed by atoms with Crippen molar-refractivity contribution >= 4 is 66.8 Å². The summed E-state index contributed by atoms with van der Waals surface area (Å²) in [5.74, 6) is -0.900. The van der Waals surface area contributed by atoms with Crippen LogP contribution in [0, 0.1) is 12.3 Å². The number of carbonyl (C=O) groups is 5. The molecule has 5 rings (SSSR count). The van der Waals surface area contributed by atoms with Crippen molar-refractivity contribution in [1.82, 2.24) is 39.7 Å². The number of ether oxygens (including phenoxy) is 8. The van der Waals surface area contributed by atoms with E-state index in [4.69, 9.17) is 55.9 Å². The van der Waals surface area contributed by atoms with Crippen molar-refractivity contribution in [3.63, 3.8) is 0 Å². The molecule has 3 aromatic heterocycles. The second-order valence-corrected chi connectivity index (χ2v) is 24.8. The molecule has 1 aliphatic heterocycles. The minimum atomic E-state index is -2.31. The van der Waals surface area contributed by atoms with Crippen LogP contribution in [0.3, 0.4) is 0 Å². The predicted molar refractivity (Wildman–Crippen MR) is 244 cm³/mol. The first-order chi connectivity index (χ1) is 31.7. The van der Waals surface area contributed by atoms with Gasteiger partial charge in [-0.15, -0.1) is 21.4 Å². The van der Waals surface area contributed by atoms with E-state index in [0.29, 0.717) is 17.1 Å². The van der Waals surface area contributed by atoms with Crippen LogP contribution in [-0.2, 0) is 71.0 Å². The Kier molecular flexibility index (Phi) is 16.4. The second kappa shape index (κ2) is 21.1. The molecule has 4 heterocycles. The van der Waals surface area contributed by atoms with Gasteiger partial charge in [-0.25, -0.2) is 19.4 Å². The molecule has 368 valence electrons. The lowest BCUT2D eigenvalue weighted by molar-refractivity contribution is -0.190. The molecule has 1 fully saturated rings. The van der Waals surface area contributed by atoms with Gasteiger partial charge in [-0.1, -0.05) is 55.9 Å². The van der Waals surface area contributed by atoms with Crippen LogP contribution in [0.1, 0.15) is 79.9 Å². The van der Waals surface area contributed by atoms with Crippen molar-refractivity contribution < 1.29 is 61.9 Å². The van der Waals surface area contributed by atoms with Gasteiger partial charge in [-0.2, -0.15) is 14.9 Å². The quantitative estimate of drug-likeness (QED) is 0.0296. The number of hydrogen-bond acceptors (Lipinski definition) is 19. The summed E-state index contributed by atoms with van der Waals surface area (Å²) in [6.45, 7) is 19.6. The standard InChI is InChI=1S/C44H58ClN9O13Si/c1-14-43(65-28(4)56)30(24-62-44(37(57)61-15-2,23-29-19-17-16-18-20-29)36-49-51-53(50-36)26-60-21-22-68(11,12)13)64-35(32(43)63-27(3)55)52-25-46-31-33(52)47-38(45)48-34(31)54(39(58)66-41(5,6)7)40(59)67-42(8,9)10/h1,16-20,25,30,32,35H,15,21-24,26H2,2-13H3/t30-,32+,35-,43-,44?/m1/s1. The molecule has 0 bridgehead atoms. The van der Waals surface area contributed by atoms with Crippen molar-refractivity contribution in [2.45, 2.75) is 142 Å². The molecule has 22 nitrogen and oxygen atoms in total. The van der Waals surface area contributed by atoms with Crippen LogP contribution >= 0.6 is 11.6 Å². The Labute approximate surface area is 399 Å². The van der Waals surface area contributed by atoms with E-state index in [0.717, 1.165) is 26.2 Å². The molecule has 2 amide bonds. The Balaban J connectivity index is 1.65. The lowest BCUT2D eigenvalue weighted by Gasteiger charge is -2.34. The first kappa shape index (κ1) is 52.9. The first-order valence-electron chi connectivity index (χ1n) is 21.6. The maximum atomic E-state index is 14.4. The number of amides is 2. The van der Waals surface area contributed by atoms with Crippen LogP contribution in [0.4, 0.5) is 15.4 Å². The van der Waals surface area contributed by atoms with Gasteiger partial charge in [0.1, 0.15) is 17.3 Å². The van der Waals surface area contributed by atoms with Gasteiger partial charge in [0, 0.05) is 34.9 Å². The van der Waals surface area contributed by atoms with Crippen LogP contribution in [0.15, 0.2) is 36.7 Å². The number of carbonyl (C=O) groups excluding carboxylic acids is 5. The maximum Gasteiger partial charge on any atom is 0.425 e. The summed E-state index contributed by atoms with van der Waals surface area (Å²) in [5, 5.41) is 12.4.